The van der Waals surface area contributed by atoms with Crippen LogP contribution in [0.1, 0.15) is 53.1 Å². The molecule has 0 bridgehead atoms. The number of carbonyl (C=O) groups is 1. The molecule has 1 aliphatic rings. The second kappa shape index (κ2) is 11.5. The Morgan fingerprint density at radius 3 is 2.74 bits per heavy atom. The molecule has 0 radical (unpaired) electrons. The van der Waals surface area contributed by atoms with Crippen LogP contribution >= 0.6 is 11.6 Å². The SMILES string of the molecule is CCOc1ccc(Cc2cc([C@H]3C[C@@H](O)C[C@@H](CNNC(=O)c4ccco4)O3)ccc2Cl)cc1. The van der Waals surface area contributed by atoms with Gasteiger partial charge < -0.3 is 19.0 Å². The maximum atomic E-state index is 12.0. The lowest BCUT2D eigenvalue weighted by Crippen LogP contribution is -2.45. The van der Waals surface area contributed by atoms with Crippen molar-refractivity contribution in [1.82, 2.24) is 10.9 Å². The normalized spacial score (nSPS) is 20.1. The molecule has 1 amide bonds. The minimum Gasteiger partial charge on any atom is -0.494 e. The number of aliphatic hydroxyl groups excluding tert-OH is 1. The van der Waals surface area contributed by atoms with Gasteiger partial charge in [0.05, 0.1) is 31.2 Å². The number of nitrogens with one attached hydrogen (secondary N) is 2. The summed E-state index contributed by atoms with van der Waals surface area (Å²) in [6.07, 6.45) is 2.06. The van der Waals surface area contributed by atoms with Crippen molar-refractivity contribution >= 4 is 17.5 Å². The molecule has 3 N–H and O–H groups in total. The van der Waals surface area contributed by atoms with E-state index in [4.69, 9.17) is 25.5 Å². The Morgan fingerprint density at radius 2 is 2.00 bits per heavy atom. The van der Waals surface area contributed by atoms with Crippen molar-refractivity contribution in [1.29, 1.82) is 0 Å². The lowest BCUT2D eigenvalue weighted by atomic mass is 9.94. The zero-order valence-electron chi connectivity index (χ0n) is 19.0. The van der Waals surface area contributed by atoms with Crippen molar-refractivity contribution < 1.29 is 23.8 Å². The van der Waals surface area contributed by atoms with Gasteiger partial charge in [0.1, 0.15) is 5.75 Å². The minimum absolute atomic E-state index is 0.219. The van der Waals surface area contributed by atoms with E-state index in [0.717, 1.165) is 22.4 Å². The maximum Gasteiger partial charge on any atom is 0.301 e. The van der Waals surface area contributed by atoms with Crippen molar-refractivity contribution in [3.05, 3.63) is 88.3 Å². The van der Waals surface area contributed by atoms with Crippen LogP contribution in [0.3, 0.4) is 0 Å². The van der Waals surface area contributed by atoms with E-state index in [1.807, 2.05) is 49.4 Å². The van der Waals surface area contributed by atoms with Crippen LogP contribution in [-0.4, -0.2) is 36.4 Å². The number of ether oxygens (including phenoxy) is 2. The fourth-order valence-electron chi connectivity index (χ4n) is 4.07. The predicted octanol–water partition coefficient (Wildman–Crippen LogP) is 4.44. The summed E-state index contributed by atoms with van der Waals surface area (Å²) in [5, 5.41) is 11.1. The molecule has 7 nitrogen and oxygen atoms in total. The quantitative estimate of drug-likeness (QED) is 0.389. The summed E-state index contributed by atoms with van der Waals surface area (Å²) in [6, 6.07) is 17.1. The van der Waals surface area contributed by atoms with Gasteiger partial charge in [0.15, 0.2) is 5.76 Å². The van der Waals surface area contributed by atoms with Crippen molar-refractivity contribution in [2.24, 2.45) is 0 Å². The van der Waals surface area contributed by atoms with Crippen LogP contribution in [0.2, 0.25) is 5.02 Å². The van der Waals surface area contributed by atoms with Crippen LogP contribution in [-0.2, 0) is 11.2 Å². The van der Waals surface area contributed by atoms with Crippen molar-refractivity contribution in [2.75, 3.05) is 13.2 Å². The first-order valence-corrected chi connectivity index (χ1v) is 11.8. The van der Waals surface area contributed by atoms with Gasteiger partial charge in [-0.1, -0.05) is 35.9 Å². The molecular formula is C26H29ClN2O5. The van der Waals surface area contributed by atoms with Gasteiger partial charge in [0, 0.05) is 24.4 Å². The number of rotatable bonds is 9. The molecule has 1 aromatic heterocycles. The summed E-state index contributed by atoms with van der Waals surface area (Å²) in [4.78, 5) is 12.0. The lowest BCUT2D eigenvalue weighted by molar-refractivity contribution is -0.0965. The molecule has 1 fully saturated rings. The highest BCUT2D eigenvalue weighted by Crippen LogP contribution is 2.33. The Kier molecular flexibility index (Phi) is 8.24. The number of hydrogen-bond acceptors (Lipinski definition) is 6. The second-order valence-electron chi connectivity index (χ2n) is 8.29. The molecular weight excluding hydrogens is 456 g/mol. The minimum atomic E-state index is -0.503. The summed E-state index contributed by atoms with van der Waals surface area (Å²) in [5.74, 6) is 0.696. The number of carbonyl (C=O) groups excluding carboxylic acids is 1. The van der Waals surface area contributed by atoms with Crippen molar-refractivity contribution in [2.45, 2.75) is 44.5 Å². The molecule has 8 heteroatoms. The number of hydrogen-bond donors (Lipinski definition) is 3. The van der Waals surface area contributed by atoms with Gasteiger partial charge in [-0.3, -0.25) is 10.2 Å². The lowest BCUT2D eigenvalue weighted by Gasteiger charge is -2.34. The van der Waals surface area contributed by atoms with E-state index >= 15 is 0 Å². The highest BCUT2D eigenvalue weighted by atomic mass is 35.5. The average molecular weight is 485 g/mol. The van der Waals surface area contributed by atoms with E-state index in [1.54, 1.807) is 12.1 Å². The monoisotopic (exact) mass is 484 g/mol. The highest BCUT2D eigenvalue weighted by Gasteiger charge is 2.29. The van der Waals surface area contributed by atoms with Gasteiger partial charge >= 0.3 is 5.91 Å². The topological polar surface area (TPSA) is 93.0 Å². The second-order valence-corrected chi connectivity index (χ2v) is 8.70. The summed E-state index contributed by atoms with van der Waals surface area (Å²) < 4.78 is 16.8. The zero-order chi connectivity index (χ0) is 23.9. The smallest absolute Gasteiger partial charge is 0.301 e. The van der Waals surface area contributed by atoms with Crippen LogP contribution in [0, 0.1) is 0 Å². The number of hydrazine groups is 1. The Morgan fingerprint density at radius 1 is 1.18 bits per heavy atom. The largest absolute Gasteiger partial charge is 0.494 e. The molecule has 2 heterocycles. The third-order valence-corrected chi connectivity index (χ3v) is 6.09. The fraction of sp³-hybridized carbons (Fsp3) is 0.346. The van der Waals surface area contributed by atoms with Crippen LogP contribution in [0.4, 0.5) is 0 Å². The molecule has 1 saturated heterocycles. The maximum absolute atomic E-state index is 12.0. The highest BCUT2D eigenvalue weighted by molar-refractivity contribution is 6.31. The van der Waals surface area contributed by atoms with E-state index in [9.17, 15) is 9.90 Å². The number of halogens is 1. The Labute approximate surface area is 204 Å². The molecule has 2 aromatic carbocycles. The molecule has 0 unspecified atom stereocenters. The molecule has 34 heavy (non-hydrogen) atoms. The van der Waals surface area contributed by atoms with Gasteiger partial charge in [-0.2, -0.15) is 0 Å². The third kappa shape index (κ3) is 6.39. The van der Waals surface area contributed by atoms with E-state index in [2.05, 4.69) is 10.9 Å². The number of furan rings is 1. The number of aliphatic hydroxyl groups is 1. The third-order valence-electron chi connectivity index (χ3n) is 5.72. The summed E-state index contributed by atoms with van der Waals surface area (Å²) >= 11 is 6.49. The number of benzene rings is 2. The van der Waals surface area contributed by atoms with Crippen LogP contribution in [0.5, 0.6) is 5.75 Å². The summed E-state index contributed by atoms with van der Waals surface area (Å²) in [7, 11) is 0. The summed E-state index contributed by atoms with van der Waals surface area (Å²) in [5.41, 5.74) is 8.55. The van der Waals surface area contributed by atoms with E-state index in [-0.39, 0.29) is 23.9 Å². The van der Waals surface area contributed by atoms with Crippen molar-refractivity contribution in [3.8, 4) is 5.75 Å². The first-order chi connectivity index (χ1) is 16.5. The first kappa shape index (κ1) is 24.3. The molecule has 180 valence electrons. The average Bonchev–Trinajstić information content (AvgIpc) is 3.37. The molecule has 0 spiro atoms. The molecule has 3 aromatic rings. The standard InChI is InChI=1S/C26H29ClN2O5/c1-2-32-21-8-5-17(6-9-21)12-19-13-18(7-10-23(19)27)25-15-20(30)14-22(34-25)16-28-29-26(31)24-4-3-11-33-24/h3-11,13,20,22,25,28,30H,2,12,14-16H2,1H3,(H,29,31)/t20-,22-,25+/m0/s1. The van der Waals surface area contributed by atoms with Gasteiger partial charge in [-0.15, -0.1) is 0 Å². The Balaban J connectivity index is 1.38. The van der Waals surface area contributed by atoms with Crippen LogP contribution in [0.25, 0.3) is 0 Å². The Bertz CT molecular complexity index is 1070. The molecule has 4 rings (SSSR count). The van der Waals surface area contributed by atoms with Gasteiger partial charge in [-0.25, -0.2) is 5.43 Å². The molecule has 0 aliphatic carbocycles. The molecule has 0 saturated carbocycles. The summed E-state index contributed by atoms with van der Waals surface area (Å²) in [6.45, 7) is 2.95. The Hall–Kier alpha value is -2.84. The number of amides is 1. The van der Waals surface area contributed by atoms with Gasteiger partial charge in [-0.05, 0) is 60.4 Å². The fourth-order valence-corrected chi connectivity index (χ4v) is 4.26. The van der Waals surface area contributed by atoms with Gasteiger partial charge in [0.2, 0.25) is 0 Å². The zero-order valence-corrected chi connectivity index (χ0v) is 19.8. The van der Waals surface area contributed by atoms with E-state index in [0.29, 0.717) is 37.4 Å². The predicted molar refractivity (Wildman–Crippen MR) is 129 cm³/mol. The van der Waals surface area contributed by atoms with Crippen LogP contribution < -0.4 is 15.6 Å². The van der Waals surface area contributed by atoms with Gasteiger partial charge in [0.25, 0.3) is 0 Å². The molecule has 3 atom stereocenters. The first-order valence-electron chi connectivity index (χ1n) is 11.4. The van der Waals surface area contributed by atoms with E-state index < -0.39 is 6.10 Å². The van der Waals surface area contributed by atoms with E-state index in [1.165, 1.54) is 6.26 Å². The van der Waals surface area contributed by atoms with Crippen molar-refractivity contribution in [3.63, 3.8) is 0 Å². The van der Waals surface area contributed by atoms with Crippen LogP contribution in [0.15, 0.2) is 65.3 Å². The molecule has 1 aliphatic heterocycles.